The van der Waals surface area contributed by atoms with Crippen LogP contribution in [0, 0.1) is 12.7 Å². The number of hydrogen-bond donors (Lipinski definition) is 2. The molecule has 0 bridgehead atoms. The molecular weight excluding hydrogens is 281 g/mol. The van der Waals surface area contributed by atoms with Gasteiger partial charge >= 0.3 is 0 Å². The van der Waals surface area contributed by atoms with E-state index in [1.54, 1.807) is 19.2 Å². The zero-order valence-corrected chi connectivity index (χ0v) is 12.6. The second-order valence-electron chi connectivity index (χ2n) is 5.11. The first-order chi connectivity index (χ1) is 10.7. The van der Waals surface area contributed by atoms with Crippen molar-refractivity contribution >= 4 is 5.91 Å². The van der Waals surface area contributed by atoms with Crippen LogP contribution < -0.4 is 10.6 Å². The van der Waals surface area contributed by atoms with Crippen molar-refractivity contribution in [2.24, 2.45) is 0 Å². The molecule has 22 heavy (non-hydrogen) atoms. The number of aryl methyl sites for hydroxylation is 1. The quantitative estimate of drug-likeness (QED) is 0.772. The summed E-state index contributed by atoms with van der Waals surface area (Å²) in [5.74, 6) is -0.627. The number of nitrogens with one attached hydrogen (secondary N) is 2. The summed E-state index contributed by atoms with van der Waals surface area (Å²) in [7, 11) is 0. The van der Waals surface area contributed by atoms with Crippen LogP contribution >= 0.6 is 0 Å². The van der Waals surface area contributed by atoms with Crippen molar-refractivity contribution in [2.75, 3.05) is 13.1 Å². The Kier molecular flexibility index (Phi) is 6.03. The van der Waals surface area contributed by atoms with E-state index >= 15 is 0 Å². The summed E-state index contributed by atoms with van der Waals surface area (Å²) in [6, 6.07) is 8.15. The summed E-state index contributed by atoms with van der Waals surface area (Å²) in [5.41, 5.74) is 2.29. The number of pyridine rings is 1. The lowest BCUT2D eigenvalue weighted by atomic mass is 10.1. The van der Waals surface area contributed by atoms with E-state index in [9.17, 15) is 9.18 Å². The lowest BCUT2D eigenvalue weighted by Crippen LogP contribution is -2.27. The zero-order valence-electron chi connectivity index (χ0n) is 12.6. The Morgan fingerprint density at radius 1 is 1.27 bits per heavy atom. The Hall–Kier alpha value is -2.27. The molecule has 0 spiro atoms. The Labute approximate surface area is 129 Å². The van der Waals surface area contributed by atoms with Crippen LogP contribution in [0.25, 0.3) is 0 Å². The molecule has 1 aromatic heterocycles. The minimum absolute atomic E-state index is 0.232. The van der Waals surface area contributed by atoms with Gasteiger partial charge in [0, 0.05) is 31.0 Å². The van der Waals surface area contributed by atoms with E-state index in [2.05, 4.69) is 15.6 Å². The smallest absolute Gasteiger partial charge is 0.251 e. The third-order valence-corrected chi connectivity index (χ3v) is 3.31. The molecule has 0 saturated heterocycles. The first-order valence-corrected chi connectivity index (χ1v) is 7.31. The molecule has 0 radical (unpaired) electrons. The molecular formula is C17H20FN3O. The van der Waals surface area contributed by atoms with Gasteiger partial charge in [0.15, 0.2) is 0 Å². The molecule has 0 fully saturated rings. The molecule has 0 atom stereocenters. The molecule has 2 aromatic rings. The van der Waals surface area contributed by atoms with Crippen molar-refractivity contribution in [3.8, 4) is 0 Å². The summed E-state index contributed by atoms with van der Waals surface area (Å²) in [6.45, 7) is 3.89. The molecule has 1 heterocycles. The Balaban J connectivity index is 1.66. The van der Waals surface area contributed by atoms with Gasteiger partial charge in [-0.1, -0.05) is 12.1 Å². The number of halogens is 1. The molecule has 0 saturated carbocycles. The van der Waals surface area contributed by atoms with E-state index in [0.29, 0.717) is 12.1 Å². The average Bonchev–Trinajstić information content (AvgIpc) is 2.54. The third-order valence-electron chi connectivity index (χ3n) is 3.31. The lowest BCUT2D eigenvalue weighted by Gasteiger charge is -2.08. The normalized spacial score (nSPS) is 10.5. The van der Waals surface area contributed by atoms with Crippen molar-refractivity contribution in [2.45, 2.75) is 19.9 Å². The van der Waals surface area contributed by atoms with Gasteiger partial charge < -0.3 is 10.6 Å². The van der Waals surface area contributed by atoms with E-state index in [1.807, 2.05) is 18.3 Å². The molecule has 116 valence electrons. The highest BCUT2D eigenvalue weighted by Crippen LogP contribution is 2.09. The number of carbonyl (C=O) groups excluding carboxylic acids is 1. The maximum atomic E-state index is 13.2. The topological polar surface area (TPSA) is 54.0 Å². The predicted octanol–water partition coefficient (Wildman–Crippen LogP) is 2.44. The van der Waals surface area contributed by atoms with Crippen molar-refractivity contribution < 1.29 is 9.18 Å². The SMILES string of the molecule is Cc1ccc(F)cc1C(=O)NCCCNCc1cccnc1. The largest absolute Gasteiger partial charge is 0.352 e. The lowest BCUT2D eigenvalue weighted by molar-refractivity contribution is 0.0952. The molecule has 0 aliphatic rings. The molecule has 0 aliphatic carbocycles. The van der Waals surface area contributed by atoms with Crippen molar-refractivity contribution in [3.63, 3.8) is 0 Å². The molecule has 1 aromatic carbocycles. The predicted molar refractivity (Wildman–Crippen MR) is 84.0 cm³/mol. The first-order valence-electron chi connectivity index (χ1n) is 7.31. The minimum atomic E-state index is -0.395. The maximum Gasteiger partial charge on any atom is 0.251 e. The summed E-state index contributed by atoms with van der Waals surface area (Å²) in [4.78, 5) is 16.0. The van der Waals surface area contributed by atoms with Gasteiger partial charge in [-0.15, -0.1) is 0 Å². The number of rotatable bonds is 7. The fourth-order valence-electron chi connectivity index (χ4n) is 2.08. The molecule has 2 N–H and O–H groups in total. The van der Waals surface area contributed by atoms with Gasteiger partial charge in [0.1, 0.15) is 5.82 Å². The van der Waals surface area contributed by atoms with Gasteiger partial charge in [-0.3, -0.25) is 9.78 Å². The van der Waals surface area contributed by atoms with Crippen LogP contribution in [0.5, 0.6) is 0 Å². The van der Waals surface area contributed by atoms with Crippen molar-refractivity contribution in [3.05, 3.63) is 65.2 Å². The van der Waals surface area contributed by atoms with E-state index in [0.717, 1.165) is 30.6 Å². The van der Waals surface area contributed by atoms with E-state index in [4.69, 9.17) is 0 Å². The van der Waals surface area contributed by atoms with Crippen LogP contribution in [-0.4, -0.2) is 24.0 Å². The number of hydrogen-bond acceptors (Lipinski definition) is 3. The third kappa shape index (κ3) is 4.93. The fraction of sp³-hybridized carbons (Fsp3) is 0.294. The summed E-state index contributed by atoms with van der Waals surface area (Å²) in [5, 5.41) is 6.09. The monoisotopic (exact) mass is 301 g/mol. The number of carbonyl (C=O) groups is 1. The zero-order chi connectivity index (χ0) is 15.8. The molecule has 4 nitrogen and oxygen atoms in total. The van der Waals surface area contributed by atoms with Gasteiger partial charge in [0.05, 0.1) is 0 Å². The van der Waals surface area contributed by atoms with Crippen molar-refractivity contribution in [1.82, 2.24) is 15.6 Å². The molecule has 0 unspecified atom stereocenters. The minimum Gasteiger partial charge on any atom is -0.352 e. The van der Waals surface area contributed by atoms with Gasteiger partial charge in [-0.05, 0) is 49.2 Å². The summed E-state index contributed by atoms with van der Waals surface area (Å²) >= 11 is 0. The molecule has 5 heteroatoms. The van der Waals surface area contributed by atoms with Gasteiger partial charge in [-0.2, -0.15) is 0 Å². The van der Waals surface area contributed by atoms with Crippen LogP contribution in [0.2, 0.25) is 0 Å². The van der Waals surface area contributed by atoms with Crippen LogP contribution in [0.1, 0.15) is 27.9 Å². The molecule has 1 amide bonds. The Morgan fingerprint density at radius 2 is 2.14 bits per heavy atom. The number of amides is 1. The second kappa shape index (κ2) is 8.24. The van der Waals surface area contributed by atoms with Gasteiger partial charge in [0.2, 0.25) is 0 Å². The number of benzene rings is 1. The molecule has 2 rings (SSSR count). The second-order valence-corrected chi connectivity index (χ2v) is 5.11. The van der Waals surface area contributed by atoms with Crippen LogP contribution in [0.15, 0.2) is 42.7 Å². The fourth-order valence-corrected chi connectivity index (χ4v) is 2.08. The summed E-state index contributed by atoms with van der Waals surface area (Å²) in [6.07, 6.45) is 4.37. The first kappa shape index (κ1) is 16.1. The van der Waals surface area contributed by atoms with E-state index in [1.165, 1.54) is 12.1 Å². The Morgan fingerprint density at radius 3 is 2.91 bits per heavy atom. The molecule has 0 aliphatic heterocycles. The average molecular weight is 301 g/mol. The highest BCUT2D eigenvalue weighted by atomic mass is 19.1. The van der Waals surface area contributed by atoms with Crippen LogP contribution in [0.4, 0.5) is 4.39 Å². The maximum absolute atomic E-state index is 13.2. The van der Waals surface area contributed by atoms with E-state index in [-0.39, 0.29) is 5.91 Å². The van der Waals surface area contributed by atoms with E-state index < -0.39 is 5.82 Å². The van der Waals surface area contributed by atoms with Gasteiger partial charge in [0.25, 0.3) is 5.91 Å². The Bertz CT molecular complexity index is 617. The van der Waals surface area contributed by atoms with Crippen molar-refractivity contribution in [1.29, 1.82) is 0 Å². The summed E-state index contributed by atoms with van der Waals surface area (Å²) < 4.78 is 13.2. The van der Waals surface area contributed by atoms with Gasteiger partial charge in [-0.25, -0.2) is 4.39 Å². The number of nitrogens with zero attached hydrogens (tertiary/aromatic N) is 1. The highest BCUT2D eigenvalue weighted by Gasteiger charge is 2.09. The number of aromatic nitrogens is 1. The highest BCUT2D eigenvalue weighted by molar-refractivity contribution is 5.95. The van der Waals surface area contributed by atoms with Crippen LogP contribution in [-0.2, 0) is 6.54 Å². The standard InChI is InChI=1S/C17H20FN3O/c1-13-5-6-15(18)10-16(13)17(22)21-9-3-8-20-12-14-4-2-7-19-11-14/h2,4-7,10-11,20H,3,8-9,12H2,1H3,(H,21,22). The van der Waals surface area contributed by atoms with Crippen LogP contribution in [0.3, 0.4) is 0 Å².